The van der Waals surface area contributed by atoms with E-state index >= 15 is 0 Å². The highest BCUT2D eigenvalue weighted by Gasteiger charge is 2.18. The van der Waals surface area contributed by atoms with Gasteiger partial charge in [0.15, 0.2) is 0 Å². The van der Waals surface area contributed by atoms with Crippen LogP contribution in [0, 0.1) is 6.92 Å². The highest BCUT2D eigenvalue weighted by molar-refractivity contribution is 7.99. The third kappa shape index (κ3) is 3.75. The fraction of sp³-hybridized carbons (Fsp3) is 0.600. The molecule has 0 bridgehead atoms. The minimum absolute atomic E-state index is 0.820. The van der Waals surface area contributed by atoms with Crippen LogP contribution >= 0.6 is 11.8 Å². The Morgan fingerprint density at radius 1 is 1.29 bits per heavy atom. The minimum Gasteiger partial charge on any atom is -0.303 e. The monoisotopic (exact) mass is 249 g/mol. The Morgan fingerprint density at radius 2 is 2.12 bits per heavy atom. The fourth-order valence-corrected chi connectivity index (χ4v) is 3.61. The van der Waals surface area contributed by atoms with Gasteiger partial charge in [0.25, 0.3) is 0 Å². The van der Waals surface area contributed by atoms with Gasteiger partial charge in [0.05, 0.1) is 0 Å². The number of piperidine rings is 1. The molecule has 1 unspecified atom stereocenters. The maximum Gasteiger partial charge on any atom is 0.0101 e. The number of thioether (sulfide) groups is 1. The molecule has 1 saturated heterocycles. The second kappa shape index (κ2) is 6.46. The minimum atomic E-state index is 0.820. The van der Waals surface area contributed by atoms with Gasteiger partial charge in [-0.05, 0) is 57.2 Å². The van der Waals surface area contributed by atoms with E-state index in [0.717, 1.165) is 6.04 Å². The summed E-state index contributed by atoms with van der Waals surface area (Å²) in [5, 5.41) is 0. The number of hydrogen-bond acceptors (Lipinski definition) is 2. The molecule has 1 atom stereocenters. The first-order valence-corrected chi connectivity index (χ1v) is 7.64. The first-order valence-electron chi connectivity index (χ1n) is 6.66. The van der Waals surface area contributed by atoms with Crippen LogP contribution in [0.15, 0.2) is 29.2 Å². The van der Waals surface area contributed by atoms with E-state index < -0.39 is 0 Å². The molecular weight excluding hydrogens is 226 g/mol. The maximum atomic E-state index is 2.54. The van der Waals surface area contributed by atoms with Crippen molar-refractivity contribution in [2.75, 3.05) is 19.3 Å². The molecule has 1 heterocycles. The van der Waals surface area contributed by atoms with Crippen LogP contribution in [-0.2, 0) is 0 Å². The lowest BCUT2D eigenvalue weighted by Gasteiger charge is -2.32. The summed E-state index contributed by atoms with van der Waals surface area (Å²) < 4.78 is 0. The lowest BCUT2D eigenvalue weighted by atomic mass is 10.0. The molecule has 0 aliphatic carbocycles. The Kier molecular flexibility index (Phi) is 4.93. The molecule has 0 amide bonds. The summed E-state index contributed by atoms with van der Waals surface area (Å²) in [6, 6.07) is 9.52. The van der Waals surface area contributed by atoms with Gasteiger partial charge in [-0.25, -0.2) is 0 Å². The van der Waals surface area contributed by atoms with Crippen molar-refractivity contribution in [3.63, 3.8) is 0 Å². The Bertz CT molecular complexity index is 351. The van der Waals surface area contributed by atoms with Crippen molar-refractivity contribution in [1.29, 1.82) is 0 Å². The quantitative estimate of drug-likeness (QED) is 0.743. The van der Waals surface area contributed by atoms with E-state index in [4.69, 9.17) is 0 Å². The number of hydrogen-bond donors (Lipinski definition) is 0. The van der Waals surface area contributed by atoms with Gasteiger partial charge < -0.3 is 4.90 Å². The second-order valence-corrected chi connectivity index (χ2v) is 6.17. The molecule has 1 aromatic rings. The number of likely N-dealkylation sites (tertiary alicyclic amines) is 1. The predicted octanol–water partition coefficient (Wildman–Crippen LogP) is 3.96. The Balaban J connectivity index is 1.77. The van der Waals surface area contributed by atoms with Crippen molar-refractivity contribution >= 4 is 11.8 Å². The highest BCUT2D eigenvalue weighted by Crippen LogP contribution is 2.25. The van der Waals surface area contributed by atoms with Gasteiger partial charge >= 0.3 is 0 Å². The van der Waals surface area contributed by atoms with Crippen molar-refractivity contribution in [2.45, 2.75) is 43.5 Å². The first-order chi connectivity index (χ1) is 8.27. The molecule has 0 radical (unpaired) electrons. The summed E-state index contributed by atoms with van der Waals surface area (Å²) in [4.78, 5) is 3.99. The highest BCUT2D eigenvalue weighted by atomic mass is 32.2. The molecule has 0 saturated carbocycles. The van der Waals surface area contributed by atoms with Crippen LogP contribution in [0.5, 0.6) is 0 Å². The molecule has 1 aliphatic heterocycles. The predicted molar refractivity (Wildman–Crippen MR) is 76.8 cm³/mol. The smallest absolute Gasteiger partial charge is 0.0101 e. The van der Waals surface area contributed by atoms with Gasteiger partial charge in [-0.2, -0.15) is 0 Å². The van der Waals surface area contributed by atoms with Crippen molar-refractivity contribution in [2.24, 2.45) is 0 Å². The van der Waals surface area contributed by atoms with Crippen LogP contribution in [0.25, 0.3) is 0 Å². The van der Waals surface area contributed by atoms with Gasteiger partial charge in [0.1, 0.15) is 0 Å². The van der Waals surface area contributed by atoms with Crippen molar-refractivity contribution in [3.8, 4) is 0 Å². The summed E-state index contributed by atoms with van der Waals surface area (Å²) in [5.41, 5.74) is 1.41. The molecule has 17 heavy (non-hydrogen) atoms. The molecule has 0 aromatic heterocycles. The molecule has 1 aliphatic rings. The Labute approximate surface area is 110 Å². The number of rotatable bonds is 4. The fourth-order valence-electron chi connectivity index (χ4n) is 2.53. The van der Waals surface area contributed by atoms with E-state index in [1.807, 2.05) is 11.8 Å². The van der Waals surface area contributed by atoms with Crippen LogP contribution in [-0.4, -0.2) is 30.3 Å². The van der Waals surface area contributed by atoms with Crippen molar-refractivity contribution in [1.82, 2.24) is 4.90 Å². The topological polar surface area (TPSA) is 3.24 Å². The van der Waals surface area contributed by atoms with Gasteiger partial charge in [0, 0.05) is 10.9 Å². The standard InChI is InChI=1S/C15H23NS/c1-13-7-3-4-9-15(13)17-12-10-14-8-5-6-11-16(14)2/h3-4,7,9,14H,5-6,8,10-12H2,1-2H3. The average Bonchev–Trinajstić information content (AvgIpc) is 2.34. The first kappa shape index (κ1) is 13.0. The largest absolute Gasteiger partial charge is 0.303 e. The summed E-state index contributed by atoms with van der Waals surface area (Å²) >= 11 is 2.02. The summed E-state index contributed by atoms with van der Waals surface area (Å²) in [5.74, 6) is 1.25. The van der Waals surface area contributed by atoms with Crippen LogP contribution in [0.4, 0.5) is 0 Å². The van der Waals surface area contributed by atoms with Gasteiger partial charge in [-0.3, -0.25) is 0 Å². The Morgan fingerprint density at radius 3 is 2.88 bits per heavy atom. The second-order valence-electron chi connectivity index (χ2n) is 5.03. The molecule has 1 fully saturated rings. The third-order valence-electron chi connectivity index (χ3n) is 3.72. The molecule has 0 N–H and O–H groups in total. The summed E-state index contributed by atoms with van der Waals surface area (Å²) in [6.07, 6.45) is 5.53. The normalized spacial score (nSPS) is 21.6. The number of nitrogens with zero attached hydrogens (tertiary/aromatic N) is 1. The van der Waals surface area contributed by atoms with Crippen LogP contribution in [0.3, 0.4) is 0 Å². The molecule has 2 heteroatoms. The lowest BCUT2D eigenvalue weighted by molar-refractivity contribution is 0.182. The van der Waals surface area contributed by atoms with E-state index in [1.165, 1.54) is 48.4 Å². The maximum absolute atomic E-state index is 2.54. The molecule has 94 valence electrons. The van der Waals surface area contributed by atoms with E-state index in [0.29, 0.717) is 0 Å². The zero-order chi connectivity index (χ0) is 12.1. The van der Waals surface area contributed by atoms with E-state index in [1.54, 1.807) is 0 Å². The van der Waals surface area contributed by atoms with Gasteiger partial charge in [-0.15, -0.1) is 11.8 Å². The molecule has 2 rings (SSSR count). The lowest BCUT2D eigenvalue weighted by Crippen LogP contribution is -2.36. The number of aryl methyl sites for hydroxylation is 1. The number of benzene rings is 1. The Hall–Kier alpha value is -0.470. The van der Waals surface area contributed by atoms with E-state index in [-0.39, 0.29) is 0 Å². The zero-order valence-electron chi connectivity index (χ0n) is 11.0. The van der Waals surface area contributed by atoms with Crippen LogP contribution in [0.1, 0.15) is 31.2 Å². The van der Waals surface area contributed by atoms with E-state index in [2.05, 4.69) is 43.1 Å². The summed E-state index contributed by atoms with van der Waals surface area (Å²) in [7, 11) is 2.28. The van der Waals surface area contributed by atoms with Gasteiger partial charge in [-0.1, -0.05) is 24.6 Å². The SMILES string of the molecule is Cc1ccccc1SCCC1CCCCN1C. The van der Waals surface area contributed by atoms with Crippen LogP contribution < -0.4 is 0 Å². The van der Waals surface area contributed by atoms with Crippen molar-refractivity contribution in [3.05, 3.63) is 29.8 Å². The van der Waals surface area contributed by atoms with E-state index in [9.17, 15) is 0 Å². The molecule has 1 aromatic carbocycles. The average molecular weight is 249 g/mol. The van der Waals surface area contributed by atoms with Gasteiger partial charge in [0.2, 0.25) is 0 Å². The third-order valence-corrected chi connectivity index (χ3v) is 4.93. The molecular formula is C15H23NS. The van der Waals surface area contributed by atoms with Crippen molar-refractivity contribution < 1.29 is 0 Å². The zero-order valence-corrected chi connectivity index (χ0v) is 11.8. The van der Waals surface area contributed by atoms with Crippen LogP contribution in [0.2, 0.25) is 0 Å². The molecule has 1 nitrogen and oxygen atoms in total. The molecule has 0 spiro atoms. The summed E-state index contributed by atoms with van der Waals surface area (Å²) in [6.45, 7) is 3.49.